The third-order valence-electron chi connectivity index (χ3n) is 9.02. The van der Waals surface area contributed by atoms with Crippen LogP contribution < -0.4 is 4.74 Å². The van der Waals surface area contributed by atoms with Crippen LogP contribution in [0.5, 0.6) is 5.75 Å². The fraction of sp³-hybridized carbons (Fsp3) is 0.405. The van der Waals surface area contributed by atoms with Gasteiger partial charge >= 0.3 is 6.09 Å². The number of nitrogens with zero attached hydrogens (tertiary/aromatic N) is 2. The molecular weight excluding hydrogens is 706 g/mol. The molecule has 1 aliphatic rings. The third kappa shape index (κ3) is 7.92. The number of hydrogen-bond acceptors (Lipinski definition) is 7. The van der Waals surface area contributed by atoms with E-state index in [-0.39, 0.29) is 49.3 Å². The molecule has 13 heteroatoms. The van der Waals surface area contributed by atoms with Gasteiger partial charge < -0.3 is 19.3 Å². The predicted molar refractivity (Wildman–Crippen MR) is 193 cm³/mol. The Morgan fingerprint density at radius 1 is 0.940 bits per heavy atom. The van der Waals surface area contributed by atoms with Gasteiger partial charge in [-0.15, -0.1) is 11.3 Å². The quantitative estimate of drug-likeness (QED) is 0.170. The summed E-state index contributed by atoms with van der Waals surface area (Å²) < 4.78 is 65.6. The maximum Gasteiger partial charge on any atom is 0.410 e. The minimum absolute atomic E-state index is 0.00873. The molecule has 0 bridgehead atoms. The summed E-state index contributed by atoms with van der Waals surface area (Å²) in [6.45, 7) is 7.11. The number of thiophene rings is 1. The first-order valence-electron chi connectivity index (χ1n) is 16.4. The lowest BCUT2D eigenvalue weighted by molar-refractivity contribution is 0.0144. The second-order valence-corrected chi connectivity index (χ2v) is 17.1. The molecule has 0 N–H and O–H groups in total. The zero-order valence-corrected chi connectivity index (χ0v) is 31.3. The van der Waals surface area contributed by atoms with Crippen molar-refractivity contribution in [2.75, 3.05) is 19.9 Å². The number of carbonyl (C=O) groups is 2. The highest BCUT2D eigenvalue weighted by molar-refractivity contribution is 7.91. The van der Waals surface area contributed by atoms with Gasteiger partial charge in [-0.2, -0.15) is 0 Å². The van der Waals surface area contributed by atoms with Crippen LogP contribution in [0.3, 0.4) is 0 Å². The van der Waals surface area contributed by atoms with Crippen molar-refractivity contribution in [3.63, 3.8) is 0 Å². The van der Waals surface area contributed by atoms with Crippen LogP contribution >= 0.6 is 22.9 Å². The number of benzene rings is 3. The molecule has 5 rings (SSSR count). The summed E-state index contributed by atoms with van der Waals surface area (Å²) in [6, 6.07) is 13.7. The van der Waals surface area contributed by atoms with E-state index >= 15 is 0 Å². The van der Waals surface area contributed by atoms with Gasteiger partial charge in [-0.3, -0.25) is 4.79 Å². The summed E-state index contributed by atoms with van der Waals surface area (Å²) in [5.74, 6) is -1.34. The summed E-state index contributed by atoms with van der Waals surface area (Å²) in [5.41, 5.74) is 1.58. The van der Waals surface area contributed by atoms with E-state index in [1.807, 2.05) is 32.9 Å². The van der Waals surface area contributed by atoms with Crippen molar-refractivity contribution >= 4 is 54.9 Å². The van der Waals surface area contributed by atoms with Crippen LogP contribution in [0.4, 0.5) is 13.6 Å². The highest BCUT2D eigenvalue weighted by Gasteiger charge is 2.35. The average molecular weight is 747 g/mol. The van der Waals surface area contributed by atoms with E-state index in [2.05, 4.69) is 0 Å². The summed E-state index contributed by atoms with van der Waals surface area (Å²) in [6.07, 6.45) is 1.86. The standard InChI is InChI=1S/C37H41ClF2N2O6S2/c1-7-50(45,46)27-15-8-22(9-16-27)23-10-19-30(47-6)24(20-23)21-42(26-13-11-25(12-14-26)41(5)36(44)48-37(2,3)4)35(43)34-32(38)31-28(39)17-18-29(40)33(31)49-34/h8-10,15-20,25-26H,7,11-14,21H2,1-6H3/t25-,26-. The average Bonchev–Trinajstić information content (AvgIpc) is 3.45. The van der Waals surface area contributed by atoms with E-state index in [9.17, 15) is 26.8 Å². The number of carbonyl (C=O) groups excluding carboxylic acids is 2. The Morgan fingerprint density at radius 2 is 1.54 bits per heavy atom. The van der Waals surface area contributed by atoms with Crippen molar-refractivity contribution in [1.82, 2.24) is 9.80 Å². The fourth-order valence-corrected chi connectivity index (χ4v) is 8.65. The molecule has 3 aromatic carbocycles. The molecule has 8 nitrogen and oxygen atoms in total. The molecule has 1 heterocycles. The minimum Gasteiger partial charge on any atom is -0.496 e. The SMILES string of the molecule is CCS(=O)(=O)c1ccc(-c2ccc(OC)c(CN(C(=O)c3sc4c(F)ccc(F)c4c3Cl)[C@H]3CC[C@H](N(C)C(=O)OC(C)(C)C)CC3)c2)cc1. The van der Waals surface area contributed by atoms with E-state index < -0.39 is 39.1 Å². The molecule has 0 atom stereocenters. The Balaban J connectivity index is 1.50. The molecule has 2 amide bonds. The second kappa shape index (κ2) is 14.9. The van der Waals surface area contributed by atoms with Gasteiger partial charge in [-0.05, 0) is 94.0 Å². The lowest BCUT2D eigenvalue weighted by atomic mass is 9.89. The number of sulfone groups is 1. The van der Waals surface area contributed by atoms with Crippen LogP contribution in [-0.2, 0) is 21.1 Å². The molecule has 268 valence electrons. The number of hydrogen-bond donors (Lipinski definition) is 0. The smallest absolute Gasteiger partial charge is 0.410 e. The highest BCUT2D eigenvalue weighted by Crippen LogP contribution is 2.41. The first-order valence-corrected chi connectivity index (χ1v) is 19.2. The van der Waals surface area contributed by atoms with Gasteiger partial charge in [-0.1, -0.05) is 36.7 Å². The normalized spacial score (nSPS) is 16.7. The Hall–Kier alpha value is -3.74. The molecule has 0 aliphatic heterocycles. The van der Waals surface area contributed by atoms with Gasteiger partial charge in [-0.25, -0.2) is 22.0 Å². The van der Waals surface area contributed by atoms with E-state index in [0.717, 1.165) is 34.6 Å². The molecule has 4 aromatic rings. The lowest BCUT2D eigenvalue weighted by Gasteiger charge is -2.40. The maximum absolute atomic E-state index is 14.8. The summed E-state index contributed by atoms with van der Waals surface area (Å²) in [4.78, 5) is 30.8. The number of fused-ring (bicyclic) bond motifs is 1. The molecule has 0 saturated heterocycles. The van der Waals surface area contributed by atoms with E-state index in [1.165, 1.54) is 7.11 Å². The van der Waals surface area contributed by atoms with Crippen LogP contribution in [0, 0.1) is 11.6 Å². The number of amides is 2. The van der Waals surface area contributed by atoms with Crippen LogP contribution in [0.2, 0.25) is 5.02 Å². The number of ether oxygens (including phenoxy) is 2. The molecule has 0 unspecified atom stereocenters. The second-order valence-electron chi connectivity index (χ2n) is 13.4. The van der Waals surface area contributed by atoms with Gasteiger partial charge in [0.1, 0.15) is 27.9 Å². The molecule has 1 saturated carbocycles. The predicted octanol–water partition coefficient (Wildman–Crippen LogP) is 9.12. The maximum atomic E-state index is 14.8. The summed E-state index contributed by atoms with van der Waals surface area (Å²) >= 11 is 7.43. The van der Waals surface area contributed by atoms with Crippen LogP contribution in [0.25, 0.3) is 21.2 Å². The molecule has 1 fully saturated rings. The van der Waals surface area contributed by atoms with Crippen molar-refractivity contribution < 1.29 is 36.3 Å². The van der Waals surface area contributed by atoms with Crippen molar-refractivity contribution in [2.24, 2.45) is 0 Å². The molecular formula is C37H41ClF2N2O6S2. The van der Waals surface area contributed by atoms with Crippen LogP contribution in [-0.4, -0.2) is 67.8 Å². The number of rotatable bonds is 9. The number of methoxy groups -OCH3 is 1. The topological polar surface area (TPSA) is 93.2 Å². The summed E-state index contributed by atoms with van der Waals surface area (Å²) in [7, 11) is -0.131. The van der Waals surface area contributed by atoms with Gasteiger partial charge in [0.05, 0.1) is 32.9 Å². The Labute approximate surface area is 300 Å². The summed E-state index contributed by atoms with van der Waals surface area (Å²) in [5, 5.41) is -0.269. The molecule has 50 heavy (non-hydrogen) atoms. The zero-order chi connectivity index (χ0) is 36.5. The van der Waals surface area contributed by atoms with Crippen LogP contribution in [0.15, 0.2) is 59.5 Å². The van der Waals surface area contributed by atoms with Crippen molar-refractivity contribution in [1.29, 1.82) is 0 Å². The third-order valence-corrected chi connectivity index (χ3v) is 12.4. The minimum atomic E-state index is -3.37. The van der Waals surface area contributed by atoms with E-state index in [0.29, 0.717) is 37.0 Å². The largest absolute Gasteiger partial charge is 0.496 e. The Bertz CT molecular complexity index is 2000. The van der Waals surface area contributed by atoms with Gasteiger partial charge in [0.2, 0.25) is 0 Å². The van der Waals surface area contributed by atoms with Crippen molar-refractivity contribution in [2.45, 2.75) is 82.5 Å². The van der Waals surface area contributed by atoms with Crippen LogP contribution in [0.1, 0.15) is 68.6 Å². The molecule has 0 radical (unpaired) electrons. The fourth-order valence-electron chi connectivity index (χ4n) is 6.26. The molecule has 1 aromatic heterocycles. The van der Waals surface area contributed by atoms with Gasteiger partial charge in [0, 0.05) is 31.2 Å². The Morgan fingerprint density at radius 3 is 2.12 bits per heavy atom. The van der Waals surface area contributed by atoms with Gasteiger partial charge in [0.15, 0.2) is 9.84 Å². The van der Waals surface area contributed by atoms with Gasteiger partial charge in [0.25, 0.3) is 5.91 Å². The van der Waals surface area contributed by atoms with Crippen molar-refractivity contribution in [3.05, 3.63) is 81.7 Å². The van der Waals surface area contributed by atoms with E-state index in [4.69, 9.17) is 21.1 Å². The molecule has 0 spiro atoms. The monoisotopic (exact) mass is 746 g/mol. The lowest BCUT2D eigenvalue weighted by Crippen LogP contribution is -2.47. The first kappa shape index (κ1) is 37.5. The number of halogens is 3. The first-order chi connectivity index (χ1) is 23.5. The molecule has 1 aliphatic carbocycles. The zero-order valence-electron chi connectivity index (χ0n) is 28.9. The Kier molecular flexibility index (Phi) is 11.1. The van der Waals surface area contributed by atoms with E-state index in [1.54, 1.807) is 54.1 Å². The highest BCUT2D eigenvalue weighted by atomic mass is 35.5. The van der Waals surface area contributed by atoms with Crippen molar-refractivity contribution in [3.8, 4) is 16.9 Å².